The van der Waals surface area contributed by atoms with Crippen molar-refractivity contribution >= 4 is 0 Å². The molecule has 0 aliphatic carbocycles. The largest absolute Gasteiger partial charge is 0.315 e. The van der Waals surface area contributed by atoms with Crippen LogP contribution >= 0.6 is 0 Å². The molecule has 3 heterocycles. The van der Waals surface area contributed by atoms with Gasteiger partial charge < -0.3 is 15.5 Å². The minimum Gasteiger partial charge on any atom is -0.315 e. The maximum Gasteiger partial charge on any atom is 0.0192 e. The van der Waals surface area contributed by atoms with Crippen molar-refractivity contribution in [1.29, 1.82) is 0 Å². The normalized spacial score (nSPS) is 41.2. The predicted octanol–water partition coefficient (Wildman–Crippen LogP) is 1.59. The molecule has 3 heteroatoms. The second-order valence-electron chi connectivity index (χ2n) is 6.69. The van der Waals surface area contributed by atoms with Crippen LogP contribution in [0.4, 0.5) is 0 Å². The molecule has 0 aromatic rings. The van der Waals surface area contributed by atoms with E-state index in [0.717, 1.165) is 24.0 Å². The fraction of sp³-hybridized carbons (Fsp3) is 1.00. The third kappa shape index (κ3) is 2.89. The lowest BCUT2D eigenvalue weighted by molar-refractivity contribution is 0.132. The van der Waals surface area contributed by atoms with E-state index < -0.39 is 0 Å². The average Bonchev–Trinajstić information content (AvgIpc) is 2.64. The Kier molecular flexibility index (Phi) is 4.22. The van der Waals surface area contributed by atoms with Gasteiger partial charge in [0, 0.05) is 24.7 Å². The van der Waals surface area contributed by atoms with Crippen LogP contribution in [0.2, 0.25) is 0 Å². The molecule has 3 atom stereocenters. The Hall–Kier alpha value is -0.120. The summed E-state index contributed by atoms with van der Waals surface area (Å²) in [4.78, 5) is 2.64. The smallest absolute Gasteiger partial charge is 0.0192 e. The second kappa shape index (κ2) is 5.89. The van der Waals surface area contributed by atoms with Gasteiger partial charge in [0.25, 0.3) is 0 Å². The van der Waals surface area contributed by atoms with Gasteiger partial charge in [-0.1, -0.05) is 6.42 Å². The first-order valence-electron chi connectivity index (χ1n) is 7.99. The summed E-state index contributed by atoms with van der Waals surface area (Å²) in [7, 11) is 2.33. The molecule has 0 aromatic carbocycles. The van der Waals surface area contributed by atoms with E-state index in [4.69, 9.17) is 0 Å². The summed E-state index contributed by atoms with van der Waals surface area (Å²) < 4.78 is 0. The number of nitrogens with zero attached hydrogens (tertiary/aromatic N) is 1. The van der Waals surface area contributed by atoms with Crippen LogP contribution in [0, 0.1) is 5.92 Å². The Morgan fingerprint density at radius 3 is 2.50 bits per heavy atom. The highest BCUT2D eigenvalue weighted by Gasteiger charge is 2.37. The van der Waals surface area contributed by atoms with Crippen LogP contribution in [0.5, 0.6) is 0 Å². The highest BCUT2D eigenvalue weighted by atomic mass is 15.2. The van der Waals surface area contributed by atoms with Gasteiger partial charge in [0.15, 0.2) is 0 Å². The second-order valence-corrected chi connectivity index (χ2v) is 6.69. The number of fused-ring (bicyclic) bond motifs is 2. The number of hydrogen-bond donors (Lipinski definition) is 2. The zero-order valence-corrected chi connectivity index (χ0v) is 11.8. The summed E-state index contributed by atoms with van der Waals surface area (Å²) in [6.45, 7) is 3.66. The zero-order valence-electron chi connectivity index (χ0n) is 11.8. The van der Waals surface area contributed by atoms with E-state index in [1.54, 1.807) is 0 Å². The van der Waals surface area contributed by atoms with Gasteiger partial charge in [-0.3, -0.25) is 0 Å². The molecule has 2 N–H and O–H groups in total. The van der Waals surface area contributed by atoms with Crippen molar-refractivity contribution in [2.75, 3.05) is 26.7 Å². The first-order chi connectivity index (χ1) is 8.83. The monoisotopic (exact) mass is 251 g/mol. The molecule has 18 heavy (non-hydrogen) atoms. The van der Waals surface area contributed by atoms with Crippen LogP contribution in [0.3, 0.4) is 0 Å². The SMILES string of the molecule is CN1C2CCC1CC(CNCC1CCCCN1)C2. The van der Waals surface area contributed by atoms with Crippen LogP contribution < -0.4 is 10.6 Å². The van der Waals surface area contributed by atoms with Gasteiger partial charge in [-0.25, -0.2) is 0 Å². The average molecular weight is 251 g/mol. The molecule has 3 unspecified atom stereocenters. The summed E-state index contributed by atoms with van der Waals surface area (Å²) in [6, 6.07) is 2.52. The topological polar surface area (TPSA) is 27.3 Å². The van der Waals surface area contributed by atoms with E-state index in [-0.39, 0.29) is 0 Å². The van der Waals surface area contributed by atoms with Gasteiger partial charge in [-0.15, -0.1) is 0 Å². The van der Waals surface area contributed by atoms with E-state index in [1.165, 1.54) is 64.6 Å². The molecule has 0 saturated carbocycles. The minimum atomic E-state index is 0.738. The van der Waals surface area contributed by atoms with Crippen molar-refractivity contribution < 1.29 is 0 Å². The molecule has 3 nitrogen and oxygen atoms in total. The highest BCUT2D eigenvalue weighted by Crippen LogP contribution is 2.36. The van der Waals surface area contributed by atoms with E-state index in [9.17, 15) is 0 Å². The molecule has 3 rings (SSSR count). The Labute approximate surface area is 112 Å². The molecule has 0 radical (unpaired) electrons. The number of nitrogens with one attached hydrogen (secondary N) is 2. The Bertz CT molecular complexity index is 248. The van der Waals surface area contributed by atoms with Gasteiger partial charge in [-0.2, -0.15) is 0 Å². The molecule has 3 aliphatic heterocycles. The molecular weight excluding hydrogens is 222 g/mol. The quantitative estimate of drug-likeness (QED) is 0.794. The molecule has 0 spiro atoms. The van der Waals surface area contributed by atoms with E-state index in [0.29, 0.717) is 0 Å². The number of hydrogen-bond acceptors (Lipinski definition) is 3. The van der Waals surface area contributed by atoms with Gasteiger partial charge in [0.05, 0.1) is 0 Å². The van der Waals surface area contributed by atoms with Crippen LogP contribution in [0.1, 0.15) is 44.9 Å². The third-order valence-electron chi connectivity index (χ3n) is 5.43. The third-order valence-corrected chi connectivity index (χ3v) is 5.43. The standard InChI is InChI=1S/C15H29N3/c1-18-14-5-6-15(18)9-12(8-14)10-16-11-13-4-2-3-7-17-13/h12-17H,2-11H2,1H3. The summed E-state index contributed by atoms with van der Waals surface area (Å²) in [6.07, 6.45) is 9.90. The zero-order chi connectivity index (χ0) is 12.4. The number of rotatable bonds is 4. The Morgan fingerprint density at radius 1 is 1.06 bits per heavy atom. The lowest BCUT2D eigenvalue weighted by atomic mass is 9.91. The lowest BCUT2D eigenvalue weighted by Gasteiger charge is -2.36. The van der Waals surface area contributed by atoms with Crippen molar-refractivity contribution in [2.24, 2.45) is 5.92 Å². The van der Waals surface area contributed by atoms with Gasteiger partial charge in [-0.05, 0) is 64.6 Å². The first-order valence-corrected chi connectivity index (χ1v) is 7.99. The Morgan fingerprint density at radius 2 is 1.83 bits per heavy atom. The molecule has 3 aliphatic rings. The highest BCUT2D eigenvalue weighted by molar-refractivity contribution is 4.93. The van der Waals surface area contributed by atoms with Crippen LogP contribution in [-0.2, 0) is 0 Å². The maximum absolute atomic E-state index is 3.73. The molecule has 2 bridgehead atoms. The van der Waals surface area contributed by atoms with E-state index >= 15 is 0 Å². The molecule has 104 valence electrons. The van der Waals surface area contributed by atoms with Gasteiger partial charge >= 0.3 is 0 Å². The predicted molar refractivity (Wildman–Crippen MR) is 75.8 cm³/mol. The summed E-state index contributed by atoms with van der Waals surface area (Å²) in [5.74, 6) is 0.933. The first kappa shape index (κ1) is 12.9. The van der Waals surface area contributed by atoms with Crippen molar-refractivity contribution in [3.63, 3.8) is 0 Å². The molecule has 0 amide bonds. The van der Waals surface area contributed by atoms with E-state index in [2.05, 4.69) is 22.6 Å². The molecule has 3 saturated heterocycles. The maximum atomic E-state index is 3.73. The van der Waals surface area contributed by atoms with Crippen molar-refractivity contribution in [3.8, 4) is 0 Å². The van der Waals surface area contributed by atoms with Crippen LogP contribution in [0.25, 0.3) is 0 Å². The lowest BCUT2D eigenvalue weighted by Crippen LogP contribution is -2.45. The minimum absolute atomic E-state index is 0.738. The summed E-state index contributed by atoms with van der Waals surface area (Å²) >= 11 is 0. The van der Waals surface area contributed by atoms with Crippen molar-refractivity contribution in [1.82, 2.24) is 15.5 Å². The van der Waals surface area contributed by atoms with Gasteiger partial charge in [0.2, 0.25) is 0 Å². The summed E-state index contributed by atoms with van der Waals surface area (Å²) in [5.41, 5.74) is 0. The van der Waals surface area contributed by atoms with E-state index in [1.807, 2.05) is 0 Å². The van der Waals surface area contributed by atoms with Crippen LogP contribution in [-0.4, -0.2) is 49.7 Å². The molecular formula is C15H29N3. The fourth-order valence-corrected chi connectivity index (χ4v) is 4.25. The van der Waals surface area contributed by atoms with Crippen molar-refractivity contribution in [2.45, 2.75) is 63.1 Å². The van der Waals surface area contributed by atoms with Crippen LogP contribution in [0.15, 0.2) is 0 Å². The molecule has 3 fully saturated rings. The fourth-order valence-electron chi connectivity index (χ4n) is 4.25. The van der Waals surface area contributed by atoms with Crippen molar-refractivity contribution in [3.05, 3.63) is 0 Å². The molecule has 0 aromatic heterocycles. The summed E-state index contributed by atoms with van der Waals surface area (Å²) in [5, 5.41) is 7.35. The number of piperidine rings is 2. The van der Waals surface area contributed by atoms with Gasteiger partial charge in [0.1, 0.15) is 0 Å². The Balaban J connectivity index is 1.36.